The van der Waals surface area contributed by atoms with Gasteiger partial charge in [-0.25, -0.2) is 0 Å². The van der Waals surface area contributed by atoms with Crippen LogP contribution in [0, 0.1) is 0 Å². The highest BCUT2D eigenvalue weighted by Crippen LogP contribution is 2.50. The molecular formula is C72H48N2O2. The molecule has 4 nitrogen and oxygen atoms in total. The van der Waals surface area contributed by atoms with Gasteiger partial charge in [-0.15, -0.1) is 0 Å². The number of furan rings is 2. The summed E-state index contributed by atoms with van der Waals surface area (Å²) in [4.78, 5) is 4.65. The Morgan fingerprint density at radius 1 is 0.197 bits per heavy atom. The molecule has 0 aliphatic carbocycles. The summed E-state index contributed by atoms with van der Waals surface area (Å²) in [6, 6.07) is 104. The highest BCUT2D eigenvalue weighted by Gasteiger charge is 2.24. The molecule has 14 aromatic rings. The van der Waals surface area contributed by atoms with E-state index in [1.54, 1.807) is 0 Å². The molecule has 0 saturated heterocycles. The lowest BCUT2D eigenvalue weighted by Gasteiger charge is -2.26. The summed E-state index contributed by atoms with van der Waals surface area (Å²) < 4.78 is 13.3. The van der Waals surface area contributed by atoms with Crippen LogP contribution in [0.25, 0.3) is 99.5 Å². The third kappa shape index (κ3) is 7.97. The minimum Gasteiger partial charge on any atom is -0.456 e. The van der Waals surface area contributed by atoms with Crippen molar-refractivity contribution in [3.8, 4) is 55.6 Å². The van der Waals surface area contributed by atoms with Crippen molar-refractivity contribution in [3.63, 3.8) is 0 Å². The van der Waals surface area contributed by atoms with Crippen molar-refractivity contribution in [1.82, 2.24) is 0 Å². The molecule has 2 aromatic heterocycles. The van der Waals surface area contributed by atoms with E-state index in [-0.39, 0.29) is 0 Å². The van der Waals surface area contributed by atoms with Crippen LogP contribution in [-0.2, 0) is 0 Å². The molecule has 0 atom stereocenters. The van der Waals surface area contributed by atoms with Gasteiger partial charge in [-0.1, -0.05) is 182 Å². The first kappa shape index (κ1) is 44.5. The molecule has 0 fully saturated rings. The molecule has 0 unspecified atom stereocenters. The lowest BCUT2D eigenvalue weighted by Crippen LogP contribution is -2.09. The molecule has 76 heavy (non-hydrogen) atoms. The summed E-state index contributed by atoms with van der Waals surface area (Å²) >= 11 is 0. The largest absolute Gasteiger partial charge is 0.456 e. The van der Waals surface area contributed by atoms with E-state index in [9.17, 15) is 0 Å². The summed E-state index contributed by atoms with van der Waals surface area (Å²) in [5, 5.41) is 4.29. The molecule has 0 amide bonds. The summed E-state index contributed by atoms with van der Waals surface area (Å²) in [6.45, 7) is 0. The monoisotopic (exact) mass is 972 g/mol. The Bertz CT molecular complexity index is 4220. The molecular weight excluding hydrogens is 925 g/mol. The summed E-state index contributed by atoms with van der Waals surface area (Å²) in [5.41, 5.74) is 21.1. The van der Waals surface area contributed by atoms with Gasteiger partial charge < -0.3 is 18.6 Å². The van der Waals surface area contributed by atoms with Gasteiger partial charge in [-0.3, -0.25) is 0 Å². The molecule has 2 heterocycles. The van der Waals surface area contributed by atoms with Crippen LogP contribution < -0.4 is 9.80 Å². The zero-order valence-electron chi connectivity index (χ0n) is 41.4. The molecule has 14 rings (SSSR count). The highest BCUT2D eigenvalue weighted by atomic mass is 16.3. The van der Waals surface area contributed by atoms with Crippen molar-refractivity contribution in [2.45, 2.75) is 0 Å². The first-order valence-electron chi connectivity index (χ1n) is 25.8. The quantitative estimate of drug-likeness (QED) is 0.129. The van der Waals surface area contributed by atoms with E-state index in [1.165, 1.54) is 22.3 Å². The second-order valence-corrected chi connectivity index (χ2v) is 19.2. The van der Waals surface area contributed by atoms with Crippen LogP contribution in [0.4, 0.5) is 34.1 Å². The molecule has 0 bridgehead atoms. The van der Waals surface area contributed by atoms with Crippen molar-refractivity contribution in [1.29, 1.82) is 0 Å². The van der Waals surface area contributed by atoms with Gasteiger partial charge in [0.15, 0.2) is 0 Å². The molecule has 0 aliphatic heterocycles. The predicted molar refractivity (Wildman–Crippen MR) is 318 cm³/mol. The van der Waals surface area contributed by atoms with Crippen molar-refractivity contribution in [2.24, 2.45) is 0 Å². The van der Waals surface area contributed by atoms with Crippen LogP contribution in [0.1, 0.15) is 0 Å². The fourth-order valence-electron chi connectivity index (χ4n) is 11.2. The van der Waals surface area contributed by atoms with Crippen LogP contribution in [0.2, 0.25) is 0 Å². The number of para-hydroxylation sites is 4. The maximum atomic E-state index is 6.68. The van der Waals surface area contributed by atoms with Crippen molar-refractivity contribution in [3.05, 3.63) is 291 Å². The summed E-state index contributed by atoms with van der Waals surface area (Å²) in [6.07, 6.45) is 0. The summed E-state index contributed by atoms with van der Waals surface area (Å²) in [5.74, 6) is 0. The minimum absolute atomic E-state index is 0.838. The highest BCUT2D eigenvalue weighted by molar-refractivity contribution is 6.20. The average molecular weight is 973 g/mol. The normalized spacial score (nSPS) is 11.4. The smallest absolute Gasteiger partial charge is 0.136 e. The van der Waals surface area contributed by atoms with Gasteiger partial charge in [-0.05, 0) is 154 Å². The maximum Gasteiger partial charge on any atom is 0.136 e. The van der Waals surface area contributed by atoms with Crippen molar-refractivity contribution >= 4 is 78.0 Å². The lowest BCUT2D eigenvalue weighted by atomic mass is 9.85. The fraction of sp³-hybridized carbons (Fsp3) is 0. The third-order valence-corrected chi connectivity index (χ3v) is 14.7. The van der Waals surface area contributed by atoms with E-state index in [1.807, 2.05) is 12.1 Å². The van der Waals surface area contributed by atoms with Crippen molar-refractivity contribution in [2.75, 3.05) is 9.80 Å². The zero-order valence-corrected chi connectivity index (χ0v) is 41.4. The molecule has 0 aliphatic rings. The van der Waals surface area contributed by atoms with E-state index in [0.29, 0.717) is 0 Å². The van der Waals surface area contributed by atoms with Crippen molar-refractivity contribution < 1.29 is 8.83 Å². The molecule has 4 heteroatoms. The van der Waals surface area contributed by atoms with E-state index >= 15 is 0 Å². The Morgan fingerprint density at radius 2 is 0.474 bits per heavy atom. The third-order valence-electron chi connectivity index (χ3n) is 14.7. The van der Waals surface area contributed by atoms with E-state index < -0.39 is 0 Å². The number of hydrogen-bond donors (Lipinski definition) is 0. The van der Waals surface area contributed by atoms with Gasteiger partial charge >= 0.3 is 0 Å². The van der Waals surface area contributed by atoms with E-state index in [2.05, 4.69) is 289 Å². The summed E-state index contributed by atoms with van der Waals surface area (Å²) in [7, 11) is 0. The Morgan fingerprint density at radius 3 is 0.829 bits per heavy atom. The fourth-order valence-corrected chi connectivity index (χ4v) is 11.2. The molecule has 0 saturated carbocycles. The lowest BCUT2D eigenvalue weighted by molar-refractivity contribution is 0.668. The Balaban J connectivity index is 0.945. The number of hydrogen-bond acceptors (Lipinski definition) is 4. The molecule has 0 spiro atoms. The minimum atomic E-state index is 0.838. The number of anilines is 6. The first-order valence-corrected chi connectivity index (χ1v) is 25.8. The number of nitrogens with zero attached hydrogens (tertiary/aromatic N) is 2. The molecule has 358 valence electrons. The molecule has 0 radical (unpaired) electrons. The Labute approximate surface area is 441 Å². The van der Waals surface area contributed by atoms with Crippen LogP contribution in [0.3, 0.4) is 0 Å². The Kier molecular flexibility index (Phi) is 11.2. The van der Waals surface area contributed by atoms with Crippen LogP contribution in [0.15, 0.2) is 300 Å². The topological polar surface area (TPSA) is 32.8 Å². The number of rotatable bonds is 11. The molecule has 0 N–H and O–H groups in total. The zero-order chi connectivity index (χ0) is 50.4. The van der Waals surface area contributed by atoms with Crippen LogP contribution >= 0.6 is 0 Å². The van der Waals surface area contributed by atoms with E-state index in [4.69, 9.17) is 8.83 Å². The predicted octanol–water partition coefficient (Wildman–Crippen LogP) is 20.8. The van der Waals surface area contributed by atoms with Gasteiger partial charge in [0.25, 0.3) is 0 Å². The standard InChI is InChI=1S/C72H48N2O2/c1-5-17-49(18-6-1)51-29-37-57(38-30-51)74(58-39-31-52(32-40-58)50-19-7-2-8-20-50)60-43-35-54(36-44-60)70-62(46-48-68-72(70)64-26-14-16-28-66(64)76-68)61-45-47-67-71(63-25-13-15-27-65(63)75-67)69(61)53-33-41-59(42-34-53)73(55-21-9-3-10-22-55)56-23-11-4-12-24-56/h1-48H. The van der Waals surface area contributed by atoms with E-state index in [0.717, 1.165) is 111 Å². The number of fused-ring (bicyclic) bond motifs is 6. The second kappa shape index (κ2) is 19.0. The first-order chi connectivity index (χ1) is 37.7. The SMILES string of the molecule is c1ccc(-c2ccc(N(c3ccc(-c4ccccc4)cc3)c3ccc(-c4c(-c5ccc6oc7ccccc7c6c5-c5ccc(N(c6ccccc6)c6ccccc6)cc5)ccc5oc6ccccc6c45)cc3)cc2)cc1. The van der Waals surface area contributed by atoms with Gasteiger partial charge in [-0.2, -0.15) is 0 Å². The van der Waals surface area contributed by atoms with Crippen LogP contribution in [0.5, 0.6) is 0 Å². The number of benzene rings is 12. The van der Waals surface area contributed by atoms with Gasteiger partial charge in [0.1, 0.15) is 22.3 Å². The van der Waals surface area contributed by atoms with Gasteiger partial charge in [0, 0.05) is 66.8 Å². The average Bonchev–Trinajstić information content (AvgIpc) is 4.16. The Hall–Kier alpha value is -10.2. The van der Waals surface area contributed by atoms with Gasteiger partial charge in [0.2, 0.25) is 0 Å². The van der Waals surface area contributed by atoms with Crippen LogP contribution in [-0.4, -0.2) is 0 Å². The maximum absolute atomic E-state index is 6.68. The van der Waals surface area contributed by atoms with Gasteiger partial charge in [0.05, 0.1) is 0 Å². The molecule has 12 aromatic carbocycles. The second-order valence-electron chi connectivity index (χ2n) is 19.2.